The van der Waals surface area contributed by atoms with Crippen LogP contribution in [0.4, 0.5) is 17.1 Å². The lowest BCUT2D eigenvalue weighted by Crippen LogP contribution is -2.48. The highest BCUT2D eigenvalue weighted by Crippen LogP contribution is 2.31. The third-order valence-corrected chi connectivity index (χ3v) is 6.03. The first-order chi connectivity index (χ1) is 16.4. The molecule has 0 aromatic heterocycles. The lowest BCUT2D eigenvalue weighted by atomic mass is 10.0. The van der Waals surface area contributed by atoms with E-state index in [1.165, 1.54) is 6.07 Å². The quantitative estimate of drug-likeness (QED) is 0.310. The molecule has 0 spiro atoms. The molecule has 1 N–H and O–H groups in total. The van der Waals surface area contributed by atoms with E-state index < -0.39 is 4.92 Å². The molecule has 0 bridgehead atoms. The molecule has 34 heavy (non-hydrogen) atoms. The largest absolute Gasteiger partial charge is 0.363 e. The first-order valence-electron chi connectivity index (χ1n) is 10.8. The summed E-state index contributed by atoms with van der Waals surface area (Å²) in [6, 6.07) is 20.3. The van der Waals surface area contributed by atoms with Gasteiger partial charge in [0.05, 0.1) is 22.2 Å². The molecular weight excluding hydrogens is 456 g/mol. The highest BCUT2D eigenvalue weighted by atomic mass is 35.5. The standard InChI is InChI=1S/C25H23ClN4O4/c26-20-8-4-5-9-21(20)27-24(31)17-28-12-14-29(15-13-28)22-11-10-19(16-23(22)30(33)34)25(32)18-6-2-1-3-7-18/h1-11,16H,12-15,17H2,(H,27,31). The van der Waals surface area contributed by atoms with E-state index in [-0.39, 0.29) is 29.5 Å². The van der Waals surface area contributed by atoms with E-state index in [1.807, 2.05) is 15.9 Å². The van der Waals surface area contributed by atoms with Crippen molar-refractivity contribution in [2.24, 2.45) is 0 Å². The molecule has 0 radical (unpaired) electrons. The second-order valence-electron chi connectivity index (χ2n) is 7.95. The van der Waals surface area contributed by atoms with E-state index in [0.29, 0.717) is 48.1 Å². The zero-order valence-corrected chi connectivity index (χ0v) is 19.1. The fourth-order valence-electron chi connectivity index (χ4n) is 3.94. The number of benzene rings is 3. The highest BCUT2D eigenvalue weighted by molar-refractivity contribution is 6.33. The topological polar surface area (TPSA) is 95.8 Å². The summed E-state index contributed by atoms with van der Waals surface area (Å²) < 4.78 is 0. The number of para-hydroxylation sites is 1. The predicted molar refractivity (Wildman–Crippen MR) is 132 cm³/mol. The number of halogens is 1. The Hall–Kier alpha value is -3.75. The van der Waals surface area contributed by atoms with Gasteiger partial charge >= 0.3 is 0 Å². The van der Waals surface area contributed by atoms with Crippen molar-refractivity contribution in [1.82, 2.24) is 4.90 Å². The molecule has 1 aliphatic rings. The zero-order chi connectivity index (χ0) is 24.1. The zero-order valence-electron chi connectivity index (χ0n) is 18.3. The minimum Gasteiger partial charge on any atom is -0.363 e. The van der Waals surface area contributed by atoms with Gasteiger partial charge in [-0.1, -0.05) is 54.1 Å². The number of nitro benzene ring substituents is 1. The average Bonchev–Trinajstić information content (AvgIpc) is 2.85. The number of nitrogens with one attached hydrogen (secondary N) is 1. The van der Waals surface area contributed by atoms with Gasteiger partial charge in [0.15, 0.2) is 5.78 Å². The smallest absolute Gasteiger partial charge is 0.293 e. The average molecular weight is 479 g/mol. The Balaban J connectivity index is 1.40. The summed E-state index contributed by atoms with van der Waals surface area (Å²) in [7, 11) is 0. The fraction of sp³-hybridized carbons (Fsp3) is 0.200. The van der Waals surface area contributed by atoms with Gasteiger partial charge in [0, 0.05) is 43.4 Å². The number of rotatable bonds is 7. The number of carbonyl (C=O) groups is 2. The second-order valence-corrected chi connectivity index (χ2v) is 8.35. The van der Waals surface area contributed by atoms with Gasteiger partial charge in [-0.25, -0.2) is 0 Å². The van der Waals surface area contributed by atoms with E-state index in [1.54, 1.807) is 60.7 Å². The first-order valence-corrected chi connectivity index (χ1v) is 11.2. The number of nitro groups is 1. The van der Waals surface area contributed by atoms with Crippen molar-refractivity contribution in [2.45, 2.75) is 0 Å². The molecule has 1 aliphatic heterocycles. The van der Waals surface area contributed by atoms with Gasteiger partial charge in [-0.05, 0) is 24.3 Å². The maximum Gasteiger partial charge on any atom is 0.293 e. The van der Waals surface area contributed by atoms with Crippen LogP contribution < -0.4 is 10.2 Å². The van der Waals surface area contributed by atoms with Crippen LogP contribution >= 0.6 is 11.6 Å². The number of anilines is 2. The van der Waals surface area contributed by atoms with Crippen LogP contribution in [-0.2, 0) is 4.79 Å². The SMILES string of the molecule is O=C(CN1CCN(c2ccc(C(=O)c3ccccc3)cc2[N+](=O)[O-])CC1)Nc1ccccc1Cl. The molecule has 1 heterocycles. The third-order valence-electron chi connectivity index (χ3n) is 5.70. The van der Waals surface area contributed by atoms with Gasteiger partial charge in [-0.2, -0.15) is 0 Å². The summed E-state index contributed by atoms with van der Waals surface area (Å²) in [4.78, 5) is 40.3. The molecule has 0 unspecified atom stereocenters. The molecule has 4 rings (SSSR count). The Kier molecular flexibility index (Phi) is 7.20. The maximum atomic E-state index is 12.7. The van der Waals surface area contributed by atoms with E-state index in [0.717, 1.165) is 0 Å². The van der Waals surface area contributed by atoms with Crippen LogP contribution in [0.3, 0.4) is 0 Å². The number of piperazine rings is 1. The molecule has 1 saturated heterocycles. The first kappa shape index (κ1) is 23.4. The molecule has 1 amide bonds. The molecule has 3 aromatic carbocycles. The van der Waals surface area contributed by atoms with Crippen LogP contribution in [0, 0.1) is 10.1 Å². The fourth-order valence-corrected chi connectivity index (χ4v) is 4.12. The van der Waals surface area contributed by atoms with E-state index in [2.05, 4.69) is 5.32 Å². The summed E-state index contributed by atoms with van der Waals surface area (Å²) >= 11 is 6.09. The summed E-state index contributed by atoms with van der Waals surface area (Å²) in [5.74, 6) is -0.430. The molecular formula is C25H23ClN4O4. The van der Waals surface area contributed by atoms with Gasteiger partial charge in [0.25, 0.3) is 5.69 Å². The lowest BCUT2D eigenvalue weighted by Gasteiger charge is -2.35. The number of hydrogen-bond donors (Lipinski definition) is 1. The van der Waals surface area contributed by atoms with Gasteiger partial charge in [0.2, 0.25) is 5.91 Å². The van der Waals surface area contributed by atoms with Gasteiger partial charge in [-0.15, -0.1) is 0 Å². The second kappa shape index (κ2) is 10.5. The Morgan fingerprint density at radius 3 is 2.26 bits per heavy atom. The minimum absolute atomic E-state index is 0.105. The number of hydrogen-bond acceptors (Lipinski definition) is 6. The summed E-state index contributed by atoms with van der Waals surface area (Å²) in [5, 5.41) is 15.1. The normalized spacial score (nSPS) is 14.0. The lowest BCUT2D eigenvalue weighted by molar-refractivity contribution is -0.384. The molecule has 0 atom stereocenters. The molecule has 1 fully saturated rings. The summed E-state index contributed by atoms with van der Waals surface area (Å²) in [5.41, 5.74) is 1.68. The monoisotopic (exact) mass is 478 g/mol. The Morgan fingerprint density at radius 1 is 0.912 bits per heavy atom. The number of amides is 1. The van der Waals surface area contributed by atoms with Crippen molar-refractivity contribution < 1.29 is 14.5 Å². The molecule has 9 heteroatoms. The van der Waals surface area contributed by atoms with E-state index in [9.17, 15) is 19.7 Å². The van der Waals surface area contributed by atoms with Crippen LogP contribution in [0.5, 0.6) is 0 Å². The van der Waals surface area contributed by atoms with Crippen LogP contribution in [0.1, 0.15) is 15.9 Å². The van der Waals surface area contributed by atoms with Crippen LogP contribution in [-0.4, -0.2) is 54.2 Å². The van der Waals surface area contributed by atoms with Gasteiger partial charge in [-0.3, -0.25) is 24.6 Å². The predicted octanol–water partition coefficient (Wildman–Crippen LogP) is 4.24. The van der Waals surface area contributed by atoms with Crippen molar-refractivity contribution in [3.63, 3.8) is 0 Å². The third kappa shape index (κ3) is 5.41. The van der Waals surface area contributed by atoms with Gasteiger partial charge in [0.1, 0.15) is 5.69 Å². The Bertz CT molecular complexity index is 1210. The van der Waals surface area contributed by atoms with Crippen molar-refractivity contribution in [3.05, 3.63) is 99.1 Å². The molecule has 8 nitrogen and oxygen atoms in total. The van der Waals surface area contributed by atoms with Crippen molar-refractivity contribution in [2.75, 3.05) is 42.9 Å². The summed E-state index contributed by atoms with van der Waals surface area (Å²) in [6.45, 7) is 2.37. The van der Waals surface area contributed by atoms with Crippen molar-refractivity contribution in [3.8, 4) is 0 Å². The maximum absolute atomic E-state index is 12.7. The molecule has 0 saturated carbocycles. The molecule has 3 aromatic rings. The van der Waals surface area contributed by atoms with Gasteiger partial charge < -0.3 is 10.2 Å². The Labute approximate surface area is 201 Å². The van der Waals surface area contributed by atoms with Crippen molar-refractivity contribution in [1.29, 1.82) is 0 Å². The van der Waals surface area contributed by atoms with Crippen LogP contribution in [0.2, 0.25) is 5.02 Å². The molecule has 0 aliphatic carbocycles. The highest BCUT2D eigenvalue weighted by Gasteiger charge is 2.26. The Morgan fingerprint density at radius 2 is 1.59 bits per heavy atom. The van der Waals surface area contributed by atoms with Crippen molar-refractivity contribution >= 4 is 40.4 Å². The summed E-state index contributed by atoms with van der Waals surface area (Å²) in [6.07, 6.45) is 0. The van der Waals surface area contributed by atoms with Crippen LogP contribution in [0.15, 0.2) is 72.8 Å². The minimum atomic E-state index is -0.458. The van der Waals surface area contributed by atoms with E-state index >= 15 is 0 Å². The molecule has 174 valence electrons. The van der Waals surface area contributed by atoms with E-state index in [4.69, 9.17) is 11.6 Å². The number of nitrogens with zero attached hydrogens (tertiary/aromatic N) is 3. The number of carbonyl (C=O) groups excluding carboxylic acids is 2. The number of ketones is 1. The van der Waals surface area contributed by atoms with Crippen LogP contribution in [0.25, 0.3) is 0 Å².